The van der Waals surface area contributed by atoms with E-state index in [0.29, 0.717) is 5.76 Å². The van der Waals surface area contributed by atoms with Crippen molar-refractivity contribution in [1.29, 1.82) is 0 Å². The van der Waals surface area contributed by atoms with Crippen LogP contribution in [0.2, 0.25) is 0 Å². The second kappa shape index (κ2) is 10.7. The molecule has 1 atom stereocenters. The first kappa shape index (κ1) is 23.8. The van der Waals surface area contributed by atoms with Crippen molar-refractivity contribution in [3.63, 3.8) is 0 Å². The van der Waals surface area contributed by atoms with E-state index in [1.54, 1.807) is 13.1 Å². The van der Waals surface area contributed by atoms with Crippen molar-refractivity contribution in [2.24, 2.45) is 10.9 Å². The molecule has 0 radical (unpaired) electrons. The van der Waals surface area contributed by atoms with Gasteiger partial charge in [0.1, 0.15) is 11.8 Å². The van der Waals surface area contributed by atoms with Gasteiger partial charge in [-0.1, -0.05) is 19.3 Å². The molecule has 2 N–H and O–H groups in total. The fourth-order valence-electron chi connectivity index (χ4n) is 5.38. The molecule has 1 aromatic heterocycles. The third kappa shape index (κ3) is 5.49. The molecule has 2 amide bonds. The minimum Gasteiger partial charge on any atom is -0.451 e. The van der Waals surface area contributed by atoms with Gasteiger partial charge in [-0.15, -0.1) is 0 Å². The molecule has 8 heteroatoms. The van der Waals surface area contributed by atoms with Crippen LogP contribution in [0.1, 0.15) is 48.2 Å². The summed E-state index contributed by atoms with van der Waals surface area (Å²) in [5.74, 6) is 0.505. The van der Waals surface area contributed by atoms with E-state index in [2.05, 4.69) is 21.6 Å². The van der Waals surface area contributed by atoms with Gasteiger partial charge in [-0.3, -0.25) is 19.5 Å². The Balaban J connectivity index is 1.24. The molecule has 8 nitrogen and oxygen atoms in total. The summed E-state index contributed by atoms with van der Waals surface area (Å²) in [4.78, 5) is 32.7. The van der Waals surface area contributed by atoms with Crippen LogP contribution in [0.5, 0.6) is 0 Å². The molecule has 2 fully saturated rings. The largest absolute Gasteiger partial charge is 0.451 e. The number of hydrogen-bond acceptors (Lipinski definition) is 6. The maximum atomic E-state index is 13.0. The zero-order chi connectivity index (χ0) is 24.2. The van der Waals surface area contributed by atoms with E-state index in [0.717, 1.165) is 76.2 Å². The van der Waals surface area contributed by atoms with Gasteiger partial charge in [0.05, 0.1) is 18.9 Å². The zero-order valence-electron chi connectivity index (χ0n) is 20.3. The number of amides is 2. The lowest BCUT2D eigenvalue weighted by molar-refractivity contribution is -0.124. The van der Waals surface area contributed by atoms with Gasteiger partial charge >= 0.3 is 0 Å². The summed E-state index contributed by atoms with van der Waals surface area (Å²) >= 11 is 0. The van der Waals surface area contributed by atoms with E-state index in [-0.39, 0.29) is 23.5 Å². The first-order valence-electron chi connectivity index (χ1n) is 12.7. The molecule has 0 spiro atoms. The van der Waals surface area contributed by atoms with Gasteiger partial charge in [0.15, 0.2) is 5.76 Å². The van der Waals surface area contributed by atoms with Crippen LogP contribution >= 0.6 is 0 Å². The topological polar surface area (TPSA) is 96.2 Å². The van der Waals surface area contributed by atoms with Crippen LogP contribution in [0.4, 0.5) is 5.69 Å². The number of likely N-dealkylation sites (N-methyl/N-ethyl adjacent to an activating group) is 1. The fraction of sp³-hybridized carbons (Fsp3) is 0.519. The van der Waals surface area contributed by atoms with Gasteiger partial charge in [-0.25, -0.2) is 0 Å². The summed E-state index contributed by atoms with van der Waals surface area (Å²) in [7, 11) is 1.61. The molecule has 3 heterocycles. The Kier molecular flexibility index (Phi) is 7.29. The number of furan rings is 1. The van der Waals surface area contributed by atoms with Crippen LogP contribution in [0.25, 0.3) is 11.3 Å². The lowest BCUT2D eigenvalue weighted by Crippen LogP contribution is -2.50. The monoisotopic (exact) mass is 478 g/mol. The number of nitrogens with zero attached hydrogens (tertiary/aromatic N) is 2. The molecule has 3 aliphatic rings. The van der Waals surface area contributed by atoms with Crippen LogP contribution < -0.4 is 10.6 Å². The molecule has 1 aliphatic carbocycles. The zero-order valence-corrected chi connectivity index (χ0v) is 20.3. The Labute approximate surface area is 206 Å². The molecule has 2 aromatic rings. The number of benzene rings is 1. The number of carbonyl (C=O) groups excluding carboxylic acids is 2. The van der Waals surface area contributed by atoms with Gasteiger partial charge in [0, 0.05) is 44.4 Å². The summed E-state index contributed by atoms with van der Waals surface area (Å²) in [6, 6.07) is 9.06. The van der Waals surface area contributed by atoms with E-state index in [4.69, 9.17) is 14.1 Å². The first-order valence-corrected chi connectivity index (χ1v) is 12.7. The predicted molar refractivity (Wildman–Crippen MR) is 134 cm³/mol. The Morgan fingerprint density at radius 2 is 1.91 bits per heavy atom. The smallest absolute Gasteiger partial charge is 0.287 e. The molecule has 1 saturated carbocycles. The van der Waals surface area contributed by atoms with Crippen molar-refractivity contribution in [2.45, 2.75) is 44.6 Å². The second-order valence-electron chi connectivity index (χ2n) is 9.71. The highest BCUT2D eigenvalue weighted by molar-refractivity contribution is 5.97. The van der Waals surface area contributed by atoms with E-state index in [9.17, 15) is 9.59 Å². The Morgan fingerprint density at radius 3 is 2.69 bits per heavy atom. The predicted octanol–water partition coefficient (Wildman–Crippen LogP) is 3.33. The van der Waals surface area contributed by atoms with Crippen LogP contribution in [-0.4, -0.2) is 68.4 Å². The quantitative estimate of drug-likeness (QED) is 0.636. The summed E-state index contributed by atoms with van der Waals surface area (Å²) in [5, 5.41) is 5.63. The lowest BCUT2D eigenvalue weighted by Gasteiger charge is -2.29. The first-order chi connectivity index (χ1) is 17.1. The summed E-state index contributed by atoms with van der Waals surface area (Å²) < 4.78 is 11.4. The Hall–Kier alpha value is -2.97. The average Bonchev–Trinajstić information content (AvgIpc) is 3.54. The Morgan fingerprint density at radius 1 is 1.11 bits per heavy atom. The molecule has 5 rings (SSSR count). The molecule has 0 bridgehead atoms. The standard InChI is InChI=1S/C27H34N4O4/c1-28-27(33)25(18-5-3-2-4-6-18)30-26(32)24-10-9-23(35-24)19-7-8-22-20(15-19)16-21(29-22)17-31-11-13-34-14-12-31/h7-10,15,18,25H,2-6,11-14,16-17H2,1H3,(H,28,33)(H,30,32)/t25-/m0/s1. The van der Waals surface area contributed by atoms with Gasteiger partial charge in [-0.05, 0) is 54.7 Å². The van der Waals surface area contributed by atoms with E-state index < -0.39 is 6.04 Å². The second-order valence-corrected chi connectivity index (χ2v) is 9.71. The van der Waals surface area contributed by atoms with Crippen molar-refractivity contribution in [2.75, 3.05) is 39.9 Å². The minimum atomic E-state index is -0.539. The lowest BCUT2D eigenvalue weighted by atomic mass is 9.83. The van der Waals surface area contributed by atoms with Crippen LogP contribution in [0, 0.1) is 5.92 Å². The number of fused-ring (bicyclic) bond motifs is 1. The number of aliphatic imine (C=N–C) groups is 1. The molecule has 1 aromatic carbocycles. The summed E-state index contributed by atoms with van der Waals surface area (Å²) in [5.41, 5.74) is 4.26. The number of hydrogen-bond donors (Lipinski definition) is 2. The maximum absolute atomic E-state index is 13.0. The highest BCUT2D eigenvalue weighted by atomic mass is 16.5. The van der Waals surface area contributed by atoms with Crippen LogP contribution in [0.3, 0.4) is 0 Å². The molecular formula is C27H34N4O4. The van der Waals surface area contributed by atoms with E-state index in [1.807, 2.05) is 18.2 Å². The SMILES string of the molecule is CNC(=O)[C@@H](NC(=O)c1ccc(-c2ccc3c(c2)CC(CN2CCOCC2)=N3)o1)C1CCCCC1. The van der Waals surface area contributed by atoms with Crippen molar-refractivity contribution in [1.82, 2.24) is 15.5 Å². The summed E-state index contributed by atoms with van der Waals surface area (Å²) in [6.07, 6.45) is 6.10. The van der Waals surface area contributed by atoms with Crippen molar-refractivity contribution in [3.05, 3.63) is 41.7 Å². The highest BCUT2D eigenvalue weighted by Gasteiger charge is 2.31. The van der Waals surface area contributed by atoms with Crippen LogP contribution in [0.15, 0.2) is 39.7 Å². The van der Waals surface area contributed by atoms with Gasteiger partial charge in [-0.2, -0.15) is 0 Å². The van der Waals surface area contributed by atoms with Gasteiger partial charge in [0.25, 0.3) is 5.91 Å². The third-order valence-electron chi connectivity index (χ3n) is 7.31. The van der Waals surface area contributed by atoms with Crippen LogP contribution in [-0.2, 0) is 16.0 Å². The third-order valence-corrected chi connectivity index (χ3v) is 7.31. The van der Waals surface area contributed by atoms with E-state index in [1.165, 1.54) is 17.7 Å². The molecule has 35 heavy (non-hydrogen) atoms. The van der Waals surface area contributed by atoms with Gasteiger partial charge < -0.3 is 19.8 Å². The molecule has 2 aliphatic heterocycles. The Bertz CT molecular complexity index is 1100. The minimum absolute atomic E-state index is 0.150. The highest BCUT2D eigenvalue weighted by Crippen LogP contribution is 2.33. The van der Waals surface area contributed by atoms with Crippen molar-refractivity contribution in [3.8, 4) is 11.3 Å². The maximum Gasteiger partial charge on any atom is 0.287 e. The molecule has 1 saturated heterocycles. The van der Waals surface area contributed by atoms with Gasteiger partial charge in [0.2, 0.25) is 5.91 Å². The molecule has 186 valence electrons. The number of rotatable bonds is 7. The normalized spacial score (nSPS) is 19.6. The fourth-order valence-corrected chi connectivity index (χ4v) is 5.38. The van der Waals surface area contributed by atoms with E-state index >= 15 is 0 Å². The molecule has 0 unspecified atom stereocenters. The number of morpholine rings is 1. The average molecular weight is 479 g/mol. The summed E-state index contributed by atoms with van der Waals surface area (Å²) in [6.45, 7) is 4.32. The number of ether oxygens (including phenoxy) is 1. The number of nitrogens with one attached hydrogen (secondary N) is 2. The van der Waals surface area contributed by atoms with Crippen molar-refractivity contribution >= 4 is 23.2 Å². The van der Waals surface area contributed by atoms with Crippen molar-refractivity contribution < 1.29 is 18.7 Å². The number of carbonyl (C=O) groups is 2. The molecular weight excluding hydrogens is 444 g/mol.